The van der Waals surface area contributed by atoms with Gasteiger partial charge in [0.2, 0.25) is 0 Å². The Morgan fingerprint density at radius 3 is 2.37 bits per heavy atom. The van der Waals surface area contributed by atoms with E-state index >= 15 is 0 Å². The number of hydrogen-bond acceptors (Lipinski definition) is 6. The quantitative estimate of drug-likeness (QED) is 0.352. The number of rotatable bonds is 5. The number of ether oxygens (including phenoxy) is 1. The number of aryl methyl sites for hydroxylation is 1. The highest BCUT2D eigenvalue weighted by Crippen LogP contribution is 2.32. The molecule has 178 valence electrons. The molecule has 1 aliphatic rings. The summed E-state index contributed by atoms with van der Waals surface area (Å²) < 4.78 is 7.05. The lowest BCUT2D eigenvalue weighted by molar-refractivity contribution is -0.127. The monoisotopic (exact) mass is 472 g/mol. The van der Waals surface area contributed by atoms with E-state index in [4.69, 9.17) is 4.74 Å². The van der Waals surface area contributed by atoms with Gasteiger partial charge >= 0.3 is 0 Å². The van der Waals surface area contributed by atoms with Crippen LogP contribution in [0, 0.1) is 6.92 Å². The van der Waals surface area contributed by atoms with Gasteiger partial charge in [-0.2, -0.15) is 5.10 Å². The maximum atomic E-state index is 13.3. The molecule has 4 aromatic rings. The van der Waals surface area contributed by atoms with E-state index in [-0.39, 0.29) is 24.6 Å². The van der Waals surface area contributed by atoms with Crippen molar-refractivity contribution < 1.29 is 19.1 Å². The number of carbonyl (C=O) groups excluding carboxylic acids is 3. The fraction of sp³-hybridized carbons (Fsp3) is 0.240. The van der Waals surface area contributed by atoms with Crippen molar-refractivity contribution in [3.05, 3.63) is 71.8 Å². The fourth-order valence-electron chi connectivity index (χ4n) is 4.28. The summed E-state index contributed by atoms with van der Waals surface area (Å²) in [5, 5.41) is 4.87. The second kappa shape index (κ2) is 9.05. The van der Waals surface area contributed by atoms with Crippen molar-refractivity contribution in [2.45, 2.75) is 6.92 Å². The molecule has 4 heterocycles. The SMILES string of the molecule is COc1cnc(-n2ccc(C)n2)c2[nH]cc(C(=O)C(=O)N3CCN(C(=O)c4ccccc4)CC3)c12. The van der Waals surface area contributed by atoms with Gasteiger partial charge in [0.25, 0.3) is 17.6 Å². The number of methoxy groups -OCH3 is 1. The van der Waals surface area contributed by atoms with Gasteiger partial charge in [-0.1, -0.05) is 18.2 Å². The van der Waals surface area contributed by atoms with Crippen molar-refractivity contribution in [2.24, 2.45) is 0 Å². The minimum atomic E-state index is -0.647. The molecular weight excluding hydrogens is 448 g/mol. The number of hydrogen-bond donors (Lipinski definition) is 1. The smallest absolute Gasteiger partial charge is 0.295 e. The molecule has 1 aromatic carbocycles. The van der Waals surface area contributed by atoms with E-state index in [1.807, 2.05) is 31.2 Å². The number of aromatic amines is 1. The molecule has 0 atom stereocenters. The standard InChI is InChI=1S/C25H24N6O4/c1-16-8-9-31(28-16)23-21-20(19(35-2)15-27-23)18(14-26-21)22(32)25(34)30-12-10-29(11-13-30)24(33)17-6-4-3-5-7-17/h3-9,14-15,26H,10-13H2,1-2H3. The van der Waals surface area contributed by atoms with Crippen LogP contribution in [0.3, 0.4) is 0 Å². The lowest BCUT2D eigenvalue weighted by Gasteiger charge is -2.34. The molecule has 0 spiro atoms. The van der Waals surface area contributed by atoms with E-state index in [2.05, 4.69) is 15.1 Å². The maximum absolute atomic E-state index is 13.3. The van der Waals surface area contributed by atoms with Crippen molar-refractivity contribution in [2.75, 3.05) is 33.3 Å². The number of piperazine rings is 1. The first-order chi connectivity index (χ1) is 17.0. The maximum Gasteiger partial charge on any atom is 0.295 e. The molecule has 3 aromatic heterocycles. The lowest BCUT2D eigenvalue weighted by Crippen LogP contribution is -2.52. The average Bonchev–Trinajstić information content (AvgIpc) is 3.54. The van der Waals surface area contributed by atoms with Crippen LogP contribution in [-0.4, -0.2) is 80.4 Å². The second-order valence-electron chi connectivity index (χ2n) is 8.28. The Labute approximate surface area is 201 Å². The summed E-state index contributed by atoms with van der Waals surface area (Å²) in [6, 6.07) is 10.9. The molecule has 35 heavy (non-hydrogen) atoms. The Bertz CT molecular complexity index is 1420. The highest BCUT2D eigenvalue weighted by atomic mass is 16.5. The zero-order valence-corrected chi connectivity index (χ0v) is 19.4. The lowest BCUT2D eigenvalue weighted by atomic mass is 10.1. The second-order valence-corrected chi connectivity index (χ2v) is 8.28. The zero-order chi connectivity index (χ0) is 24.5. The molecule has 10 nitrogen and oxygen atoms in total. The first-order valence-electron chi connectivity index (χ1n) is 11.2. The van der Waals surface area contributed by atoms with Crippen LogP contribution in [0.4, 0.5) is 0 Å². The van der Waals surface area contributed by atoms with E-state index in [1.165, 1.54) is 24.4 Å². The van der Waals surface area contributed by atoms with Crippen molar-refractivity contribution in [3.63, 3.8) is 0 Å². The number of carbonyl (C=O) groups is 3. The van der Waals surface area contributed by atoms with Crippen molar-refractivity contribution in [1.82, 2.24) is 29.5 Å². The highest BCUT2D eigenvalue weighted by Gasteiger charge is 2.31. The van der Waals surface area contributed by atoms with Crippen LogP contribution < -0.4 is 4.74 Å². The molecule has 1 N–H and O–H groups in total. The number of aromatic nitrogens is 4. The topological polar surface area (TPSA) is 113 Å². The molecular formula is C25H24N6O4. The average molecular weight is 473 g/mol. The molecule has 5 rings (SSSR count). The summed E-state index contributed by atoms with van der Waals surface area (Å²) >= 11 is 0. The van der Waals surface area contributed by atoms with Gasteiger partial charge in [0, 0.05) is 44.1 Å². The van der Waals surface area contributed by atoms with Crippen LogP contribution in [-0.2, 0) is 4.79 Å². The van der Waals surface area contributed by atoms with E-state index < -0.39 is 11.7 Å². The van der Waals surface area contributed by atoms with Gasteiger partial charge in [-0.25, -0.2) is 9.67 Å². The van der Waals surface area contributed by atoms with Crippen molar-refractivity contribution in [1.29, 1.82) is 0 Å². The van der Waals surface area contributed by atoms with E-state index in [0.717, 1.165) is 5.69 Å². The molecule has 1 saturated heterocycles. The van der Waals surface area contributed by atoms with Crippen LogP contribution in [0.5, 0.6) is 5.75 Å². The molecule has 0 radical (unpaired) electrons. The normalized spacial score (nSPS) is 13.8. The minimum absolute atomic E-state index is 0.0840. The minimum Gasteiger partial charge on any atom is -0.494 e. The molecule has 0 bridgehead atoms. The van der Waals surface area contributed by atoms with Gasteiger partial charge < -0.3 is 19.5 Å². The molecule has 0 unspecified atom stereocenters. The van der Waals surface area contributed by atoms with Crippen LogP contribution in [0.2, 0.25) is 0 Å². The third-order valence-electron chi connectivity index (χ3n) is 6.13. The van der Waals surface area contributed by atoms with Gasteiger partial charge in [0.05, 0.1) is 35.5 Å². The third-order valence-corrected chi connectivity index (χ3v) is 6.13. The Balaban J connectivity index is 1.37. The summed E-state index contributed by atoms with van der Waals surface area (Å²) in [6.45, 7) is 3.14. The Morgan fingerprint density at radius 2 is 1.71 bits per heavy atom. The van der Waals surface area contributed by atoms with Gasteiger partial charge in [-0.15, -0.1) is 0 Å². The number of nitrogens with one attached hydrogen (secondary N) is 1. The number of Topliss-reactive ketones (excluding diaryl/α,β-unsaturated/α-hetero) is 1. The Hall–Kier alpha value is -4.47. The summed E-state index contributed by atoms with van der Waals surface area (Å²) in [4.78, 5) is 49.8. The van der Waals surface area contributed by atoms with Crippen molar-refractivity contribution >= 4 is 28.5 Å². The first kappa shape index (κ1) is 22.3. The number of H-pyrrole nitrogens is 1. The van der Waals surface area contributed by atoms with Crippen LogP contribution >= 0.6 is 0 Å². The zero-order valence-electron chi connectivity index (χ0n) is 19.4. The number of nitrogens with zero attached hydrogens (tertiary/aromatic N) is 5. The predicted octanol–water partition coefficient (Wildman–Crippen LogP) is 2.23. The van der Waals surface area contributed by atoms with Crippen LogP contribution in [0.15, 0.2) is 55.0 Å². The van der Waals surface area contributed by atoms with Gasteiger partial charge in [-0.05, 0) is 25.1 Å². The van der Waals surface area contributed by atoms with Crippen molar-refractivity contribution in [3.8, 4) is 11.6 Å². The number of amides is 2. The summed E-state index contributed by atoms with van der Waals surface area (Å²) in [5.74, 6) is -0.477. The summed E-state index contributed by atoms with van der Waals surface area (Å²) in [5.41, 5.74) is 2.17. The van der Waals surface area contributed by atoms with Crippen LogP contribution in [0.1, 0.15) is 26.4 Å². The van der Waals surface area contributed by atoms with Gasteiger partial charge in [-0.3, -0.25) is 14.4 Å². The first-order valence-corrected chi connectivity index (χ1v) is 11.2. The molecule has 10 heteroatoms. The van der Waals surface area contributed by atoms with E-state index in [9.17, 15) is 14.4 Å². The number of pyridine rings is 1. The largest absolute Gasteiger partial charge is 0.494 e. The van der Waals surface area contributed by atoms with Gasteiger partial charge in [0.15, 0.2) is 5.82 Å². The van der Waals surface area contributed by atoms with E-state index in [0.29, 0.717) is 41.1 Å². The number of fused-ring (bicyclic) bond motifs is 1. The summed E-state index contributed by atoms with van der Waals surface area (Å²) in [6.07, 6.45) is 4.79. The fourth-order valence-corrected chi connectivity index (χ4v) is 4.28. The predicted molar refractivity (Wildman–Crippen MR) is 128 cm³/mol. The number of ketones is 1. The van der Waals surface area contributed by atoms with Crippen LogP contribution in [0.25, 0.3) is 16.7 Å². The molecule has 2 amide bonds. The Kier molecular flexibility index (Phi) is 5.77. The highest BCUT2D eigenvalue weighted by molar-refractivity contribution is 6.45. The third kappa shape index (κ3) is 4.03. The Morgan fingerprint density at radius 1 is 1.00 bits per heavy atom. The molecule has 1 fully saturated rings. The molecule has 0 aliphatic carbocycles. The van der Waals surface area contributed by atoms with Gasteiger partial charge in [0.1, 0.15) is 5.75 Å². The number of benzene rings is 1. The summed E-state index contributed by atoms with van der Waals surface area (Å²) in [7, 11) is 1.49. The molecule has 0 saturated carbocycles. The molecule has 1 aliphatic heterocycles. The van der Waals surface area contributed by atoms with E-state index in [1.54, 1.807) is 27.9 Å².